The molecule has 1 aromatic carbocycles. The van der Waals surface area contributed by atoms with Crippen LogP contribution in [-0.4, -0.2) is 16.8 Å². The lowest BCUT2D eigenvalue weighted by Crippen LogP contribution is -2.32. The van der Waals surface area contributed by atoms with Crippen LogP contribution in [0.2, 0.25) is 0 Å². The second-order valence-electron chi connectivity index (χ2n) is 5.09. The van der Waals surface area contributed by atoms with Crippen molar-refractivity contribution >= 4 is 22.0 Å². The molecule has 2 N–H and O–H groups in total. The molecule has 18 heavy (non-hydrogen) atoms. The molecule has 0 aliphatic carbocycles. The number of phenolic OH excluding ortho intramolecular Hbond substituents is 1. The monoisotopic (exact) mass is 315 g/mol. The number of rotatable bonds is 2. The van der Waals surface area contributed by atoms with Gasteiger partial charge in [0, 0.05) is 11.0 Å². The Labute approximate surface area is 115 Å². The third-order valence-electron chi connectivity index (χ3n) is 2.19. The summed E-state index contributed by atoms with van der Waals surface area (Å²) in [7, 11) is 0. The van der Waals surface area contributed by atoms with E-state index in [0.29, 0.717) is 6.54 Å². The smallest absolute Gasteiger partial charge is 0.407 e. The molecule has 0 aromatic heterocycles. The van der Waals surface area contributed by atoms with Crippen LogP contribution in [0.5, 0.6) is 5.75 Å². The van der Waals surface area contributed by atoms with Crippen LogP contribution in [0.1, 0.15) is 31.9 Å². The summed E-state index contributed by atoms with van der Waals surface area (Å²) in [5.41, 5.74) is 1.06. The molecule has 0 unspecified atom stereocenters. The highest BCUT2D eigenvalue weighted by Gasteiger charge is 2.16. The molecule has 1 aromatic rings. The Hall–Kier alpha value is -1.23. The first-order valence-electron chi connectivity index (χ1n) is 5.64. The number of amides is 1. The number of phenols is 1. The molecule has 0 fully saturated rings. The van der Waals surface area contributed by atoms with Crippen LogP contribution >= 0.6 is 15.9 Å². The van der Waals surface area contributed by atoms with Crippen LogP contribution in [-0.2, 0) is 11.3 Å². The molecular weight excluding hydrogens is 298 g/mol. The molecule has 0 radical (unpaired) electrons. The quantitative estimate of drug-likeness (QED) is 0.878. The molecule has 0 atom stereocenters. The average molecular weight is 316 g/mol. The Balaban J connectivity index is 2.64. The molecule has 0 bridgehead atoms. The van der Waals surface area contributed by atoms with Gasteiger partial charge in [-0.25, -0.2) is 4.79 Å². The number of benzene rings is 1. The van der Waals surface area contributed by atoms with E-state index >= 15 is 0 Å². The number of carbonyl (C=O) groups excluding carboxylic acids is 1. The lowest BCUT2D eigenvalue weighted by Gasteiger charge is -2.20. The van der Waals surface area contributed by atoms with Crippen molar-refractivity contribution in [3.63, 3.8) is 0 Å². The van der Waals surface area contributed by atoms with Crippen molar-refractivity contribution in [3.8, 4) is 5.75 Å². The highest BCUT2D eigenvalue weighted by Crippen LogP contribution is 2.25. The summed E-state index contributed by atoms with van der Waals surface area (Å²) in [6, 6.07) is 3.43. The van der Waals surface area contributed by atoms with Gasteiger partial charge >= 0.3 is 6.09 Å². The fourth-order valence-electron chi connectivity index (χ4n) is 1.32. The number of nitrogens with one attached hydrogen (secondary N) is 1. The SMILES string of the molecule is Cc1cc(Br)c(CNC(=O)OC(C)(C)C)cc1O. The Morgan fingerprint density at radius 2 is 2.06 bits per heavy atom. The van der Waals surface area contributed by atoms with E-state index in [2.05, 4.69) is 21.2 Å². The third kappa shape index (κ3) is 4.56. The van der Waals surface area contributed by atoms with Gasteiger partial charge in [-0.2, -0.15) is 0 Å². The van der Waals surface area contributed by atoms with E-state index in [9.17, 15) is 9.90 Å². The Morgan fingerprint density at radius 1 is 1.44 bits per heavy atom. The predicted octanol–water partition coefficient (Wildman–Crippen LogP) is 3.49. The van der Waals surface area contributed by atoms with Crippen molar-refractivity contribution in [2.24, 2.45) is 0 Å². The van der Waals surface area contributed by atoms with E-state index in [1.165, 1.54) is 0 Å². The lowest BCUT2D eigenvalue weighted by atomic mass is 10.1. The minimum Gasteiger partial charge on any atom is -0.508 e. The number of ether oxygens (including phenoxy) is 1. The molecule has 100 valence electrons. The molecule has 0 saturated carbocycles. The van der Waals surface area contributed by atoms with Gasteiger partial charge in [-0.3, -0.25) is 0 Å². The first-order chi connectivity index (χ1) is 8.19. The fourth-order valence-corrected chi connectivity index (χ4v) is 1.92. The molecule has 0 saturated heterocycles. The summed E-state index contributed by atoms with van der Waals surface area (Å²) < 4.78 is 5.97. The van der Waals surface area contributed by atoms with Crippen molar-refractivity contribution in [2.75, 3.05) is 0 Å². The topological polar surface area (TPSA) is 58.6 Å². The molecule has 5 heteroatoms. The van der Waals surface area contributed by atoms with Gasteiger partial charge in [-0.05, 0) is 51.0 Å². The van der Waals surface area contributed by atoms with E-state index in [0.717, 1.165) is 15.6 Å². The number of carbonyl (C=O) groups is 1. The van der Waals surface area contributed by atoms with Gasteiger partial charge < -0.3 is 15.2 Å². The molecule has 1 amide bonds. The van der Waals surface area contributed by atoms with Crippen LogP contribution in [0.4, 0.5) is 4.79 Å². The van der Waals surface area contributed by atoms with Crippen LogP contribution in [0, 0.1) is 6.92 Å². The molecule has 0 spiro atoms. The lowest BCUT2D eigenvalue weighted by molar-refractivity contribution is 0.0523. The minimum atomic E-state index is -0.517. The van der Waals surface area contributed by atoms with Gasteiger partial charge in [0.05, 0.1) is 0 Å². The van der Waals surface area contributed by atoms with Gasteiger partial charge in [0.15, 0.2) is 0 Å². The van der Waals surface area contributed by atoms with Gasteiger partial charge in [0.1, 0.15) is 11.4 Å². The second-order valence-corrected chi connectivity index (χ2v) is 5.94. The fraction of sp³-hybridized carbons (Fsp3) is 0.462. The first kappa shape index (κ1) is 14.8. The highest BCUT2D eigenvalue weighted by atomic mass is 79.9. The Kier molecular flexibility index (Phi) is 4.62. The zero-order valence-corrected chi connectivity index (χ0v) is 12.6. The van der Waals surface area contributed by atoms with Gasteiger partial charge in [-0.1, -0.05) is 15.9 Å². The summed E-state index contributed by atoms with van der Waals surface area (Å²) in [4.78, 5) is 11.5. The average Bonchev–Trinajstić information content (AvgIpc) is 2.19. The van der Waals surface area contributed by atoms with Crippen LogP contribution in [0.15, 0.2) is 16.6 Å². The Bertz CT molecular complexity index is 452. The largest absolute Gasteiger partial charge is 0.508 e. The maximum absolute atomic E-state index is 11.5. The zero-order chi connectivity index (χ0) is 13.9. The molecular formula is C13H18BrNO3. The molecule has 1 rings (SSSR count). The van der Waals surface area contributed by atoms with Gasteiger partial charge in [0.2, 0.25) is 0 Å². The Morgan fingerprint density at radius 3 is 2.61 bits per heavy atom. The number of hydrogen-bond donors (Lipinski definition) is 2. The zero-order valence-electron chi connectivity index (χ0n) is 11.0. The van der Waals surface area contributed by atoms with E-state index in [-0.39, 0.29) is 5.75 Å². The van der Waals surface area contributed by atoms with Gasteiger partial charge in [0.25, 0.3) is 0 Å². The first-order valence-corrected chi connectivity index (χ1v) is 6.43. The van der Waals surface area contributed by atoms with Crippen LogP contribution < -0.4 is 5.32 Å². The number of alkyl carbamates (subject to hydrolysis) is 1. The highest BCUT2D eigenvalue weighted by molar-refractivity contribution is 9.10. The number of aryl methyl sites for hydroxylation is 1. The van der Waals surface area contributed by atoms with Crippen LogP contribution in [0.3, 0.4) is 0 Å². The number of halogens is 1. The van der Waals surface area contributed by atoms with E-state index in [1.807, 2.05) is 6.92 Å². The number of hydrogen-bond acceptors (Lipinski definition) is 3. The summed E-state index contributed by atoms with van der Waals surface area (Å²) in [5.74, 6) is 0.208. The van der Waals surface area contributed by atoms with Crippen molar-refractivity contribution in [2.45, 2.75) is 39.8 Å². The summed E-state index contributed by atoms with van der Waals surface area (Å²) in [6.45, 7) is 7.52. The van der Waals surface area contributed by atoms with E-state index in [4.69, 9.17) is 4.74 Å². The minimum absolute atomic E-state index is 0.208. The summed E-state index contributed by atoms with van der Waals surface area (Å²) in [6.07, 6.45) is -0.477. The normalized spacial score (nSPS) is 11.2. The van der Waals surface area contributed by atoms with Crippen molar-refractivity contribution < 1.29 is 14.6 Å². The molecule has 4 nitrogen and oxygen atoms in total. The van der Waals surface area contributed by atoms with E-state index in [1.54, 1.807) is 32.9 Å². The van der Waals surface area contributed by atoms with Crippen LogP contribution in [0.25, 0.3) is 0 Å². The van der Waals surface area contributed by atoms with Crippen molar-refractivity contribution in [1.29, 1.82) is 0 Å². The molecule has 0 heterocycles. The standard InChI is InChI=1S/C13H18BrNO3/c1-8-5-10(14)9(6-11(8)16)7-15-12(17)18-13(2,3)4/h5-6,16H,7H2,1-4H3,(H,15,17). The van der Waals surface area contributed by atoms with Gasteiger partial charge in [-0.15, -0.1) is 0 Å². The molecule has 0 aliphatic heterocycles. The maximum atomic E-state index is 11.5. The third-order valence-corrected chi connectivity index (χ3v) is 2.93. The van der Waals surface area contributed by atoms with E-state index < -0.39 is 11.7 Å². The molecule has 0 aliphatic rings. The summed E-state index contributed by atoms with van der Waals surface area (Å²) in [5, 5.41) is 12.3. The number of aromatic hydroxyl groups is 1. The maximum Gasteiger partial charge on any atom is 0.407 e. The predicted molar refractivity (Wildman–Crippen MR) is 73.6 cm³/mol. The van der Waals surface area contributed by atoms with Crippen molar-refractivity contribution in [1.82, 2.24) is 5.32 Å². The summed E-state index contributed by atoms with van der Waals surface area (Å²) >= 11 is 3.39. The van der Waals surface area contributed by atoms with Crippen molar-refractivity contribution in [3.05, 3.63) is 27.7 Å². The second kappa shape index (κ2) is 5.61.